The predicted octanol–water partition coefficient (Wildman–Crippen LogP) is 4.27. The van der Waals surface area contributed by atoms with Crippen LogP contribution in [0.15, 0.2) is 42.5 Å². The molecule has 1 saturated heterocycles. The highest BCUT2D eigenvalue weighted by molar-refractivity contribution is 6.32. The second-order valence-electron chi connectivity index (χ2n) is 6.73. The number of carbonyl (C=O) groups excluding carboxylic acids is 1. The van der Waals surface area contributed by atoms with Gasteiger partial charge in [0.2, 0.25) is 0 Å². The van der Waals surface area contributed by atoms with Crippen molar-refractivity contribution in [2.24, 2.45) is 0 Å². The number of ether oxygens (including phenoxy) is 2. The van der Waals surface area contributed by atoms with E-state index in [4.69, 9.17) is 21.1 Å². The van der Waals surface area contributed by atoms with E-state index in [1.807, 2.05) is 11.0 Å². The summed E-state index contributed by atoms with van der Waals surface area (Å²) in [6.45, 7) is 5.17. The zero-order chi connectivity index (χ0) is 20.1. The largest absolute Gasteiger partial charge is 0.495 e. The molecule has 0 bridgehead atoms. The number of methoxy groups -OCH3 is 2. The van der Waals surface area contributed by atoms with E-state index in [1.54, 1.807) is 19.2 Å². The molecule has 150 valence electrons. The summed E-state index contributed by atoms with van der Waals surface area (Å²) in [5.74, 6) is 1.01. The van der Waals surface area contributed by atoms with Crippen molar-refractivity contribution in [3.8, 4) is 11.5 Å². The lowest BCUT2D eigenvalue weighted by Crippen LogP contribution is -2.50. The van der Waals surface area contributed by atoms with E-state index in [0.29, 0.717) is 41.3 Å². The molecule has 0 saturated carbocycles. The Morgan fingerprint density at radius 3 is 2.29 bits per heavy atom. The maximum absolute atomic E-state index is 12.7. The van der Waals surface area contributed by atoms with E-state index in [9.17, 15) is 4.79 Å². The molecule has 28 heavy (non-hydrogen) atoms. The quantitative estimate of drug-likeness (QED) is 0.810. The van der Waals surface area contributed by atoms with Gasteiger partial charge in [-0.3, -0.25) is 4.90 Å². The third kappa shape index (κ3) is 4.51. The van der Waals surface area contributed by atoms with Gasteiger partial charge in [-0.25, -0.2) is 4.79 Å². The Kier molecular flexibility index (Phi) is 6.65. The average Bonchev–Trinajstić information content (AvgIpc) is 2.74. The Balaban J connectivity index is 1.61. The Bertz CT molecular complexity index is 808. The molecule has 6 nitrogen and oxygen atoms in total. The SMILES string of the molecule is COc1cc(OC)c(NC(=O)N2CCN(C(C)c3ccccc3)CC2)cc1Cl. The van der Waals surface area contributed by atoms with Gasteiger partial charge in [-0.1, -0.05) is 41.9 Å². The van der Waals surface area contributed by atoms with Crippen molar-refractivity contribution in [3.05, 3.63) is 53.1 Å². The number of urea groups is 1. The standard InChI is InChI=1S/C21H26ClN3O3/c1-15(16-7-5-4-6-8-16)24-9-11-25(12-10-24)21(26)23-18-13-17(22)19(27-2)14-20(18)28-3/h4-8,13-15H,9-12H2,1-3H3,(H,23,26). The summed E-state index contributed by atoms with van der Waals surface area (Å²) < 4.78 is 10.5. The minimum absolute atomic E-state index is 0.161. The van der Waals surface area contributed by atoms with Crippen molar-refractivity contribution in [3.63, 3.8) is 0 Å². The number of benzene rings is 2. The van der Waals surface area contributed by atoms with Crippen LogP contribution in [-0.4, -0.2) is 56.2 Å². The second kappa shape index (κ2) is 9.17. The number of rotatable bonds is 5. The molecule has 2 aromatic carbocycles. The van der Waals surface area contributed by atoms with Gasteiger partial charge in [0.25, 0.3) is 0 Å². The van der Waals surface area contributed by atoms with Crippen molar-refractivity contribution in [1.82, 2.24) is 9.80 Å². The highest BCUT2D eigenvalue weighted by Gasteiger charge is 2.25. The van der Waals surface area contributed by atoms with E-state index >= 15 is 0 Å². The fourth-order valence-electron chi connectivity index (χ4n) is 3.41. The van der Waals surface area contributed by atoms with Gasteiger partial charge in [-0.15, -0.1) is 0 Å². The maximum Gasteiger partial charge on any atom is 0.322 e. The zero-order valence-electron chi connectivity index (χ0n) is 16.4. The first-order valence-electron chi connectivity index (χ1n) is 9.30. The van der Waals surface area contributed by atoms with E-state index < -0.39 is 0 Å². The molecule has 2 aromatic rings. The van der Waals surface area contributed by atoms with Crippen LogP contribution in [0, 0.1) is 0 Å². The van der Waals surface area contributed by atoms with Gasteiger partial charge in [-0.05, 0) is 18.6 Å². The van der Waals surface area contributed by atoms with E-state index in [2.05, 4.69) is 41.4 Å². The van der Waals surface area contributed by atoms with Crippen molar-refractivity contribution in [2.75, 3.05) is 45.7 Å². The second-order valence-corrected chi connectivity index (χ2v) is 7.13. The lowest BCUT2D eigenvalue weighted by atomic mass is 10.1. The fourth-order valence-corrected chi connectivity index (χ4v) is 3.65. The van der Waals surface area contributed by atoms with Gasteiger partial charge in [-0.2, -0.15) is 0 Å². The first-order chi connectivity index (χ1) is 13.5. The summed E-state index contributed by atoms with van der Waals surface area (Å²) >= 11 is 6.19. The van der Waals surface area contributed by atoms with Gasteiger partial charge in [0.05, 0.1) is 24.9 Å². The molecule has 7 heteroatoms. The number of hydrogen-bond donors (Lipinski definition) is 1. The number of halogens is 1. The van der Waals surface area contributed by atoms with Crippen LogP contribution >= 0.6 is 11.6 Å². The van der Waals surface area contributed by atoms with Crippen LogP contribution in [0.2, 0.25) is 5.02 Å². The molecule has 3 rings (SSSR count). The molecule has 1 heterocycles. The molecular formula is C21H26ClN3O3. The van der Waals surface area contributed by atoms with Crippen LogP contribution in [0.5, 0.6) is 11.5 Å². The van der Waals surface area contributed by atoms with E-state index in [1.165, 1.54) is 12.7 Å². The van der Waals surface area contributed by atoms with Gasteiger partial charge in [0.1, 0.15) is 11.5 Å². The average molecular weight is 404 g/mol. The minimum atomic E-state index is -0.161. The zero-order valence-corrected chi connectivity index (χ0v) is 17.2. The molecule has 1 atom stereocenters. The van der Waals surface area contributed by atoms with Gasteiger partial charge in [0.15, 0.2) is 0 Å². The molecule has 1 unspecified atom stereocenters. The summed E-state index contributed by atoms with van der Waals surface area (Å²) in [5.41, 5.74) is 1.82. The van der Waals surface area contributed by atoms with Crippen LogP contribution in [0.1, 0.15) is 18.5 Å². The minimum Gasteiger partial charge on any atom is -0.495 e. The van der Waals surface area contributed by atoms with Crippen molar-refractivity contribution < 1.29 is 14.3 Å². The van der Waals surface area contributed by atoms with Gasteiger partial charge in [0, 0.05) is 38.3 Å². The summed E-state index contributed by atoms with van der Waals surface area (Å²) in [4.78, 5) is 16.9. The van der Waals surface area contributed by atoms with Crippen molar-refractivity contribution >= 4 is 23.3 Å². The predicted molar refractivity (Wildman–Crippen MR) is 112 cm³/mol. The number of hydrogen-bond acceptors (Lipinski definition) is 4. The Hall–Kier alpha value is -2.44. The molecule has 0 aromatic heterocycles. The highest BCUT2D eigenvalue weighted by Crippen LogP contribution is 2.36. The van der Waals surface area contributed by atoms with E-state index in [-0.39, 0.29) is 6.03 Å². The highest BCUT2D eigenvalue weighted by atomic mass is 35.5. The van der Waals surface area contributed by atoms with Gasteiger partial charge < -0.3 is 19.7 Å². The summed E-state index contributed by atoms with van der Waals surface area (Å²) in [6.07, 6.45) is 0. The van der Waals surface area contributed by atoms with Crippen LogP contribution in [0.4, 0.5) is 10.5 Å². The Labute approximate surface area is 171 Å². The van der Waals surface area contributed by atoms with Crippen LogP contribution in [0.25, 0.3) is 0 Å². The van der Waals surface area contributed by atoms with Crippen molar-refractivity contribution in [1.29, 1.82) is 0 Å². The molecule has 2 amide bonds. The number of piperazine rings is 1. The first-order valence-corrected chi connectivity index (χ1v) is 9.67. The van der Waals surface area contributed by atoms with E-state index in [0.717, 1.165) is 13.1 Å². The molecule has 1 fully saturated rings. The summed E-state index contributed by atoms with van der Waals surface area (Å²) in [5, 5.41) is 3.32. The number of amides is 2. The number of carbonyl (C=O) groups is 1. The third-order valence-electron chi connectivity index (χ3n) is 5.15. The topological polar surface area (TPSA) is 54.0 Å². The molecule has 0 radical (unpaired) electrons. The third-order valence-corrected chi connectivity index (χ3v) is 5.44. The number of nitrogens with one attached hydrogen (secondary N) is 1. The molecular weight excluding hydrogens is 378 g/mol. The molecule has 0 aliphatic carbocycles. The normalized spacial score (nSPS) is 15.8. The molecule has 1 aliphatic heterocycles. The van der Waals surface area contributed by atoms with Crippen LogP contribution in [-0.2, 0) is 0 Å². The maximum atomic E-state index is 12.7. The van der Waals surface area contributed by atoms with Crippen LogP contribution < -0.4 is 14.8 Å². The lowest BCUT2D eigenvalue weighted by Gasteiger charge is -2.38. The Morgan fingerprint density at radius 2 is 1.68 bits per heavy atom. The van der Waals surface area contributed by atoms with Crippen LogP contribution in [0.3, 0.4) is 0 Å². The first kappa shape index (κ1) is 20.3. The summed E-state index contributed by atoms with van der Waals surface area (Å²) in [6, 6.07) is 13.9. The number of anilines is 1. The van der Waals surface area contributed by atoms with Crippen molar-refractivity contribution in [2.45, 2.75) is 13.0 Å². The molecule has 0 spiro atoms. The summed E-state index contributed by atoms with van der Waals surface area (Å²) in [7, 11) is 3.08. The van der Waals surface area contributed by atoms with Gasteiger partial charge >= 0.3 is 6.03 Å². The molecule has 1 N–H and O–H groups in total. The smallest absolute Gasteiger partial charge is 0.322 e. The number of nitrogens with zero attached hydrogens (tertiary/aromatic N) is 2. The monoisotopic (exact) mass is 403 g/mol. The fraction of sp³-hybridized carbons (Fsp3) is 0.381. The lowest BCUT2D eigenvalue weighted by molar-refractivity contribution is 0.119. The Morgan fingerprint density at radius 1 is 1.04 bits per heavy atom. The molecule has 1 aliphatic rings.